The van der Waals surface area contributed by atoms with Gasteiger partial charge in [-0.05, 0) is 55.7 Å². The lowest BCUT2D eigenvalue weighted by Gasteiger charge is -2.34. The minimum Gasteiger partial charge on any atom is -0.388 e. The largest absolute Gasteiger partial charge is 0.388 e. The molecule has 1 aromatic carbocycles. The lowest BCUT2D eigenvalue weighted by molar-refractivity contribution is 0.0444. The van der Waals surface area contributed by atoms with E-state index in [1.54, 1.807) is 18.3 Å². The molecular weight excluding hydrogens is 433 g/mol. The molecule has 1 aliphatic rings. The highest BCUT2D eigenvalue weighted by atomic mass is 19.2. The Labute approximate surface area is 189 Å². The fraction of sp³-hybridized carbons (Fsp3) is 0.348. The highest BCUT2D eigenvalue weighted by molar-refractivity contribution is 5.79. The number of halogens is 3. The van der Waals surface area contributed by atoms with Crippen molar-refractivity contribution in [2.24, 2.45) is 0 Å². The van der Waals surface area contributed by atoms with E-state index in [0.29, 0.717) is 36.6 Å². The van der Waals surface area contributed by atoms with Crippen molar-refractivity contribution in [3.8, 4) is 11.1 Å². The van der Waals surface area contributed by atoms with Crippen LogP contribution in [0.4, 0.5) is 19.1 Å². The van der Waals surface area contributed by atoms with Crippen molar-refractivity contribution in [3.05, 3.63) is 59.2 Å². The van der Waals surface area contributed by atoms with E-state index in [1.165, 1.54) is 10.7 Å². The van der Waals surface area contributed by atoms with E-state index in [1.807, 2.05) is 13.8 Å². The van der Waals surface area contributed by atoms with Gasteiger partial charge < -0.3 is 20.8 Å². The van der Waals surface area contributed by atoms with Crippen molar-refractivity contribution in [3.63, 3.8) is 0 Å². The molecule has 2 heterocycles. The van der Waals surface area contributed by atoms with Gasteiger partial charge in [0, 0.05) is 43.2 Å². The maximum absolute atomic E-state index is 13.8. The number of fused-ring (bicyclic) bond motifs is 1. The van der Waals surface area contributed by atoms with Crippen molar-refractivity contribution in [2.45, 2.75) is 38.8 Å². The summed E-state index contributed by atoms with van der Waals surface area (Å²) in [4.78, 5) is 4.52. The number of anilines is 1. The van der Waals surface area contributed by atoms with Crippen molar-refractivity contribution >= 4 is 17.8 Å². The smallest absolute Gasteiger partial charge is 0.243 e. The molecule has 174 valence electrons. The monoisotopic (exact) mass is 458 g/mol. The van der Waals surface area contributed by atoms with Crippen LogP contribution in [-0.2, 0) is 4.74 Å². The number of hydrogen-bond donors (Lipinski definition) is 3. The molecule has 0 bridgehead atoms. The Bertz CT molecular complexity index is 1190. The summed E-state index contributed by atoms with van der Waals surface area (Å²) in [6.07, 6.45) is 4.03. The number of aromatic nitrogens is 3. The average Bonchev–Trinajstić information content (AvgIpc) is 3.21. The number of hydrogen-bond acceptors (Lipinski definition) is 6. The first-order valence-electron chi connectivity index (χ1n) is 10.8. The second-order valence-electron chi connectivity index (χ2n) is 7.71. The van der Waals surface area contributed by atoms with E-state index in [0.717, 1.165) is 29.9 Å². The van der Waals surface area contributed by atoms with E-state index in [9.17, 15) is 13.2 Å². The maximum Gasteiger partial charge on any atom is 0.243 e. The molecule has 2 unspecified atom stereocenters. The molecular formula is C23H25F3N6O. The molecule has 3 aromatic rings. The zero-order valence-corrected chi connectivity index (χ0v) is 18.3. The van der Waals surface area contributed by atoms with Crippen LogP contribution in [0.15, 0.2) is 41.7 Å². The van der Waals surface area contributed by atoms with Gasteiger partial charge in [0.2, 0.25) is 5.95 Å². The van der Waals surface area contributed by atoms with Crippen LogP contribution >= 0.6 is 0 Å². The summed E-state index contributed by atoms with van der Waals surface area (Å²) in [7, 11) is 0. The van der Waals surface area contributed by atoms with E-state index >= 15 is 0 Å². The third-order valence-electron chi connectivity index (χ3n) is 5.60. The zero-order valence-electron chi connectivity index (χ0n) is 18.3. The fourth-order valence-electron chi connectivity index (χ4n) is 4.11. The first-order valence-corrected chi connectivity index (χ1v) is 10.8. The van der Waals surface area contributed by atoms with Crippen LogP contribution in [0.1, 0.15) is 26.7 Å². The molecule has 2 atom stereocenters. The number of nitrogens with zero attached hydrogens (tertiary/aromatic N) is 3. The molecule has 7 nitrogen and oxygen atoms in total. The fourth-order valence-corrected chi connectivity index (χ4v) is 4.11. The molecule has 0 saturated carbocycles. The molecule has 0 saturated heterocycles. The predicted molar refractivity (Wildman–Crippen MR) is 120 cm³/mol. The number of nitrogens with one attached hydrogen (secondary N) is 3. The number of benzene rings is 1. The summed E-state index contributed by atoms with van der Waals surface area (Å²) in [6.45, 7) is 5.22. The SMILES string of the molecule is CCNC1=C(C=N)CC(Nc2nc3c(-c4cc(F)c(F)c(F)c4)cccn3n2)C(OCC)C1. The average molecular weight is 458 g/mol. The van der Waals surface area contributed by atoms with Gasteiger partial charge in [-0.1, -0.05) is 0 Å². The standard InChI is InChI=1S/C23H25F3N6O/c1-3-28-18-11-20(33-4-2)19(10-14(18)12-27)29-23-30-22-15(6-5-7-32(22)31-23)13-8-16(24)21(26)17(25)9-13/h5-9,12,19-20,27-28H,3-4,10-11H2,1-2H3,(H,29,31). The van der Waals surface area contributed by atoms with Crippen molar-refractivity contribution in [2.75, 3.05) is 18.5 Å². The van der Waals surface area contributed by atoms with E-state index in [2.05, 4.69) is 20.7 Å². The molecule has 4 rings (SSSR count). The quantitative estimate of drug-likeness (QED) is 0.346. The van der Waals surface area contributed by atoms with Gasteiger partial charge in [0.05, 0.1) is 12.1 Å². The topological polar surface area (TPSA) is 87.3 Å². The molecule has 0 spiro atoms. The van der Waals surface area contributed by atoms with Gasteiger partial charge in [0.1, 0.15) is 0 Å². The van der Waals surface area contributed by atoms with Crippen LogP contribution < -0.4 is 10.6 Å². The Hall–Kier alpha value is -3.40. The van der Waals surface area contributed by atoms with Crippen LogP contribution in [0.2, 0.25) is 0 Å². The van der Waals surface area contributed by atoms with Crippen LogP contribution in [0, 0.1) is 22.9 Å². The Morgan fingerprint density at radius 1 is 1.21 bits per heavy atom. The first-order chi connectivity index (χ1) is 15.9. The number of ether oxygens (including phenoxy) is 1. The van der Waals surface area contributed by atoms with Crippen molar-refractivity contribution < 1.29 is 17.9 Å². The second-order valence-corrected chi connectivity index (χ2v) is 7.71. The molecule has 0 amide bonds. The Morgan fingerprint density at radius 2 is 1.97 bits per heavy atom. The summed E-state index contributed by atoms with van der Waals surface area (Å²) in [5.41, 5.74) is 2.81. The van der Waals surface area contributed by atoms with E-state index in [-0.39, 0.29) is 17.7 Å². The van der Waals surface area contributed by atoms with Gasteiger partial charge in [-0.2, -0.15) is 4.98 Å². The van der Waals surface area contributed by atoms with Crippen LogP contribution in [-0.4, -0.2) is 46.1 Å². The first kappa shape index (κ1) is 22.8. The van der Waals surface area contributed by atoms with Crippen LogP contribution in [0.25, 0.3) is 16.8 Å². The Balaban J connectivity index is 1.67. The van der Waals surface area contributed by atoms with Gasteiger partial charge in [-0.25, -0.2) is 17.7 Å². The summed E-state index contributed by atoms with van der Waals surface area (Å²) in [6, 6.07) is 5.01. The Morgan fingerprint density at radius 3 is 2.64 bits per heavy atom. The summed E-state index contributed by atoms with van der Waals surface area (Å²) in [5, 5.41) is 18.9. The van der Waals surface area contributed by atoms with Crippen LogP contribution in [0.5, 0.6) is 0 Å². The summed E-state index contributed by atoms with van der Waals surface area (Å²) >= 11 is 0. The minimum absolute atomic E-state index is 0.154. The predicted octanol–water partition coefficient (Wildman–Crippen LogP) is 4.31. The van der Waals surface area contributed by atoms with E-state index < -0.39 is 17.5 Å². The van der Waals surface area contributed by atoms with Gasteiger partial charge in [0.15, 0.2) is 23.1 Å². The van der Waals surface area contributed by atoms with Gasteiger partial charge in [0.25, 0.3) is 0 Å². The third-order valence-corrected chi connectivity index (χ3v) is 5.60. The zero-order chi connectivity index (χ0) is 23.5. The van der Waals surface area contributed by atoms with Crippen molar-refractivity contribution in [1.29, 1.82) is 5.41 Å². The molecule has 1 aliphatic carbocycles. The molecule has 0 fully saturated rings. The maximum atomic E-state index is 13.8. The van der Waals surface area contributed by atoms with Gasteiger partial charge in [-0.3, -0.25) is 0 Å². The molecule has 0 aliphatic heterocycles. The second kappa shape index (κ2) is 9.62. The summed E-state index contributed by atoms with van der Waals surface area (Å²) in [5.74, 6) is -3.74. The summed E-state index contributed by atoms with van der Waals surface area (Å²) < 4.78 is 48.5. The minimum atomic E-state index is -1.51. The third kappa shape index (κ3) is 4.56. The lowest BCUT2D eigenvalue weighted by atomic mass is 9.89. The molecule has 2 aromatic heterocycles. The molecule has 0 radical (unpaired) electrons. The van der Waals surface area contributed by atoms with Gasteiger partial charge >= 0.3 is 0 Å². The van der Waals surface area contributed by atoms with E-state index in [4.69, 9.17) is 10.1 Å². The normalized spacial score (nSPS) is 18.6. The molecule has 3 N–H and O–H groups in total. The highest BCUT2D eigenvalue weighted by Crippen LogP contribution is 2.30. The highest BCUT2D eigenvalue weighted by Gasteiger charge is 2.31. The Kier molecular flexibility index (Phi) is 6.64. The number of pyridine rings is 1. The van der Waals surface area contributed by atoms with Crippen molar-refractivity contribution in [1.82, 2.24) is 19.9 Å². The van der Waals surface area contributed by atoms with Crippen LogP contribution in [0.3, 0.4) is 0 Å². The van der Waals surface area contributed by atoms with Gasteiger partial charge in [-0.15, -0.1) is 5.10 Å². The lowest BCUT2D eigenvalue weighted by Crippen LogP contribution is -2.42. The molecule has 10 heteroatoms. The molecule has 33 heavy (non-hydrogen) atoms. The number of rotatable bonds is 8.